The van der Waals surface area contributed by atoms with E-state index in [2.05, 4.69) is 0 Å². The molecule has 5 heteroatoms. The van der Waals surface area contributed by atoms with Gasteiger partial charge in [-0.15, -0.1) is 0 Å². The van der Waals surface area contributed by atoms with Crippen LogP contribution in [0.2, 0.25) is 0 Å². The van der Waals surface area contributed by atoms with Crippen molar-refractivity contribution in [2.24, 2.45) is 5.41 Å². The maximum Gasteiger partial charge on any atom is 0.276 e. The molecular weight excluding hydrogens is 258 g/mol. The van der Waals surface area contributed by atoms with Crippen LogP contribution < -0.4 is 4.74 Å². The monoisotopic (exact) mass is 279 g/mol. The van der Waals surface area contributed by atoms with Gasteiger partial charge in [-0.2, -0.15) is 0 Å². The highest BCUT2D eigenvalue weighted by Gasteiger charge is 2.51. The molecule has 2 rings (SSSR count). The summed E-state index contributed by atoms with van der Waals surface area (Å²) in [6.07, 6.45) is 0.929. The molecule has 110 valence electrons. The van der Waals surface area contributed by atoms with E-state index in [0.717, 1.165) is 12.0 Å². The van der Waals surface area contributed by atoms with E-state index >= 15 is 0 Å². The second-order valence-corrected chi connectivity index (χ2v) is 5.88. The standard InChI is InChI=1S/C15H21NO4/c1-5-15(4)13(17)8-14(15)20-12-7-11(16(18)19)9(2)6-10(12)3/h6-7,13-14,17H,5,8H2,1-4H3. The number of ether oxygens (including phenoxy) is 1. The van der Waals surface area contributed by atoms with E-state index in [9.17, 15) is 15.2 Å². The lowest BCUT2D eigenvalue weighted by Gasteiger charge is -2.50. The summed E-state index contributed by atoms with van der Waals surface area (Å²) >= 11 is 0. The van der Waals surface area contributed by atoms with Crippen molar-refractivity contribution >= 4 is 5.69 Å². The lowest BCUT2D eigenvalue weighted by molar-refractivity contribution is -0.385. The number of benzene rings is 1. The van der Waals surface area contributed by atoms with Crippen molar-refractivity contribution < 1.29 is 14.8 Å². The normalized spacial score (nSPS) is 28.9. The van der Waals surface area contributed by atoms with Crippen LogP contribution in [0.4, 0.5) is 5.69 Å². The minimum Gasteiger partial charge on any atom is -0.489 e. The fourth-order valence-electron chi connectivity index (χ4n) is 2.74. The van der Waals surface area contributed by atoms with Gasteiger partial charge < -0.3 is 9.84 Å². The van der Waals surface area contributed by atoms with Crippen molar-refractivity contribution in [3.05, 3.63) is 33.4 Å². The van der Waals surface area contributed by atoms with E-state index in [-0.39, 0.29) is 23.3 Å². The van der Waals surface area contributed by atoms with Crippen molar-refractivity contribution in [2.75, 3.05) is 0 Å². The van der Waals surface area contributed by atoms with Gasteiger partial charge in [-0.25, -0.2) is 0 Å². The minimum absolute atomic E-state index is 0.0728. The molecular formula is C15H21NO4. The van der Waals surface area contributed by atoms with Gasteiger partial charge in [0, 0.05) is 17.4 Å². The van der Waals surface area contributed by atoms with Gasteiger partial charge in [0.2, 0.25) is 0 Å². The number of aryl methyl sites for hydroxylation is 2. The summed E-state index contributed by atoms with van der Waals surface area (Å²) in [5, 5.41) is 20.9. The summed E-state index contributed by atoms with van der Waals surface area (Å²) in [4.78, 5) is 10.6. The Kier molecular flexibility index (Phi) is 3.73. The van der Waals surface area contributed by atoms with Crippen LogP contribution in [0.1, 0.15) is 37.8 Å². The first-order valence-electron chi connectivity index (χ1n) is 6.90. The number of rotatable bonds is 4. The van der Waals surface area contributed by atoms with Gasteiger partial charge >= 0.3 is 0 Å². The van der Waals surface area contributed by atoms with E-state index in [4.69, 9.17) is 4.74 Å². The summed E-state index contributed by atoms with van der Waals surface area (Å²) in [6, 6.07) is 3.26. The van der Waals surface area contributed by atoms with Gasteiger partial charge in [0.1, 0.15) is 11.9 Å². The number of nitro benzene ring substituents is 1. The third-order valence-corrected chi connectivity index (χ3v) is 4.66. The fraction of sp³-hybridized carbons (Fsp3) is 0.600. The molecule has 1 saturated carbocycles. The van der Waals surface area contributed by atoms with E-state index in [1.165, 1.54) is 6.07 Å². The number of aliphatic hydroxyl groups is 1. The average Bonchev–Trinajstić information content (AvgIpc) is 2.39. The van der Waals surface area contributed by atoms with Gasteiger partial charge in [-0.05, 0) is 31.9 Å². The Hall–Kier alpha value is -1.62. The molecule has 1 fully saturated rings. The summed E-state index contributed by atoms with van der Waals surface area (Å²) in [5.74, 6) is 0.541. The van der Waals surface area contributed by atoms with Crippen LogP contribution in [-0.4, -0.2) is 22.2 Å². The van der Waals surface area contributed by atoms with Gasteiger partial charge in [-0.3, -0.25) is 10.1 Å². The quantitative estimate of drug-likeness (QED) is 0.678. The zero-order chi connectivity index (χ0) is 15.1. The lowest BCUT2D eigenvalue weighted by atomic mass is 9.63. The summed E-state index contributed by atoms with van der Waals surface area (Å²) in [5.41, 5.74) is 1.31. The molecule has 3 atom stereocenters. The average molecular weight is 279 g/mol. The minimum atomic E-state index is -0.393. The largest absolute Gasteiger partial charge is 0.489 e. The van der Waals surface area contributed by atoms with E-state index in [1.54, 1.807) is 13.0 Å². The fourth-order valence-corrected chi connectivity index (χ4v) is 2.74. The Morgan fingerprint density at radius 3 is 2.60 bits per heavy atom. The SMILES string of the molecule is CCC1(C)C(O)CC1Oc1cc([N+](=O)[O-])c(C)cc1C. The highest BCUT2D eigenvalue weighted by atomic mass is 16.6. The predicted molar refractivity (Wildman–Crippen MR) is 76.0 cm³/mol. The molecule has 0 spiro atoms. The smallest absolute Gasteiger partial charge is 0.276 e. The molecule has 0 amide bonds. The van der Waals surface area contributed by atoms with Crippen molar-refractivity contribution in [3.63, 3.8) is 0 Å². The van der Waals surface area contributed by atoms with Crippen LogP contribution in [0.5, 0.6) is 5.75 Å². The number of hydrogen-bond donors (Lipinski definition) is 1. The second kappa shape index (κ2) is 5.05. The first kappa shape index (κ1) is 14.8. The van der Waals surface area contributed by atoms with Crippen LogP contribution in [-0.2, 0) is 0 Å². The Morgan fingerprint density at radius 2 is 2.10 bits per heavy atom. The number of nitro groups is 1. The van der Waals surface area contributed by atoms with Gasteiger partial charge in [-0.1, -0.05) is 13.8 Å². The van der Waals surface area contributed by atoms with Crippen LogP contribution >= 0.6 is 0 Å². The highest BCUT2D eigenvalue weighted by molar-refractivity contribution is 5.49. The van der Waals surface area contributed by atoms with Crippen LogP contribution in [0.3, 0.4) is 0 Å². The number of nitrogens with zero attached hydrogens (tertiary/aromatic N) is 1. The molecule has 0 heterocycles. The van der Waals surface area contributed by atoms with Crippen molar-refractivity contribution in [1.82, 2.24) is 0 Å². The van der Waals surface area contributed by atoms with E-state index in [0.29, 0.717) is 17.7 Å². The molecule has 0 bridgehead atoms. The van der Waals surface area contributed by atoms with Gasteiger partial charge in [0.25, 0.3) is 5.69 Å². The maximum atomic E-state index is 11.0. The molecule has 0 saturated heterocycles. The van der Waals surface area contributed by atoms with Crippen molar-refractivity contribution in [2.45, 2.75) is 52.7 Å². The number of hydrogen-bond acceptors (Lipinski definition) is 4. The topological polar surface area (TPSA) is 72.6 Å². The molecule has 1 N–H and O–H groups in total. The third-order valence-electron chi connectivity index (χ3n) is 4.66. The highest BCUT2D eigenvalue weighted by Crippen LogP contribution is 2.46. The molecule has 5 nitrogen and oxygen atoms in total. The van der Waals surface area contributed by atoms with Crippen molar-refractivity contribution in [1.29, 1.82) is 0 Å². The van der Waals surface area contributed by atoms with Gasteiger partial charge in [0.15, 0.2) is 0 Å². The molecule has 0 radical (unpaired) electrons. The predicted octanol–water partition coefficient (Wildman–Crippen LogP) is 3.14. The Bertz CT molecular complexity index is 543. The van der Waals surface area contributed by atoms with Crippen LogP contribution in [0.15, 0.2) is 12.1 Å². The zero-order valence-electron chi connectivity index (χ0n) is 12.3. The second-order valence-electron chi connectivity index (χ2n) is 5.88. The molecule has 1 aromatic carbocycles. The Morgan fingerprint density at radius 1 is 1.45 bits per heavy atom. The van der Waals surface area contributed by atoms with E-state index in [1.807, 2.05) is 20.8 Å². The molecule has 3 unspecified atom stereocenters. The molecule has 1 aliphatic rings. The van der Waals surface area contributed by atoms with Crippen molar-refractivity contribution in [3.8, 4) is 5.75 Å². The van der Waals surface area contributed by atoms with E-state index < -0.39 is 4.92 Å². The molecule has 1 aliphatic carbocycles. The van der Waals surface area contributed by atoms with Crippen LogP contribution in [0.25, 0.3) is 0 Å². The summed E-state index contributed by atoms with van der Waals surface area (Å²) in [7, 11) is 0. The maximum absolute atomic E-state index is 11.0. The first-order chi connectivity index (χ1) is 9.29. The number of aliphatic hydroxyl groups excluding tert-OH is 1. The zero-order valence-corrected chi connectivity index (χ0v) is 12.3. The molecule has 1 aromatic rings. The Balaban J connectivity index is 2.26. The molecule has 0 aromatic heterocycles. The van der Waals surface area contributed by atoms with Gasteiger partial charge in [0.05, 0.1) is 17.1 Å². The molecule has 0 aliphatic heterocycles. The lowest BCUT2D eigenvalue weighted by Crippen LogP contribution is -2.57. The Labute approximate surface area is 118 Å². The molecule has 20 heavy (non-hydrogen) atoms. The van der Waals surface area contributed by atoms with Crippen LogP contribution in [0, 0.1) is 29.4 Å². The third kappa shape index (κ3) is 2.26. The summed E-state index contributed by atoms with van der Waals surface area (Å²) < 4.78 is 5.94. The summed E-state index contributed by atoms with van der Waals surface area (Å²) in [6.45, 7) is 7.61. The first-order valence-corrected chi connectivity index (χ1v) is 6.90.